The van der Waals surface area contributed by atoms with Gasteiger partial charge in [0, 0.05) is 5.56 Å². The lowest BCUT2D eigenvalue weighted by atomic mass is 10.0. The smallest absolute Gasteiger partial charge is 0.291 e. The van der Waals surface area contributed by atoms with Gasteiger partial charge < -0.3 is 0 Å². The number of hydrogen-bond acceptors (Lipinski definition) is 7. The van der Waals surface area contributed by atoms with E-state index in [4.69, 9.17) is 11.6 Å². The maximum absolute atomic E-state index is 11.9. The fourth-order valence-corrected chi connectivity index (χ4v) is 1.77. The molecule has 0 bridgehead atoms. The van der Waals surface area contributed by atoms with Crippen LogP contribution in [-0.4, -0.2) is 31.7 Å². The van der Waals surface area contributed by atoms with Crippen molar-refractivity contribution in [1.82, 2.24) is 0 Å². The summed E-state index contributed by atoms with van der Waals surface area (Å²) in [4.78, 5) is 38.8. The van der Waals surface area contributed by atoms with Gasteiger partial charge in [0.25, 0.3) is 0 Å². The molecule has 0 saturated carbocycles. The van der Waals surface area contributed by atoms with Gasteiger partial charge in [-0.25, -0.2) is 0 Å². The van der Waals surface area contributed by atoms with E-state index >= 15 is 0 Å². The molecule has 1 aromatic rings. The molecule has 0 aliphatic heterocycles. The van der Waals surface area contributed by atoms with Crippen LogP contribution in [0.25, 0.3) is 0 Å². The van der Waals surface area contributed by atoms with Gasteiger partial charge in [0.15, 0.2) is 14.8 Å². The lowest BCUT2D eigenvalue weighted by Crippen LogP contribution is -2.61. The first kappa shape index (κ1) is 15.4. The number of hydrogen-bond donors (Lipinski definition) is 0. The van der Waals surface area contributed by atoms with Gasteiger partial charge in [-0.1, -0.05) is 41.9 Å². The first-order chi connectivity index (χ1) is 9.26. The molecule has 10 nitrogen and oxygen atoms in total. The summed E-state index contributed by atoms with van der Waals surface area (Å²) < 4.78 is 0. The summed E-state index contributed by atoms with van der Waals surface area (Å²) in [6.45, 7) is 0. The van der Waals surface area contributed by atoms with E-state index in [1.807, 2.05) is 0 Å². The van der Waals surface area contributed by atoms with Gasteiger partial charge in [-0.05, 0) is 0 Å². The number of rotatable bonds is 6. The summed E-state index contributed by atoms with van der Waals surface area (Å²) in [6, 6.07) is 6.64. The quantitative estimate of drug-likeness (QED) is 0.250. The minimum Gasteiger partial charge on any atom is -0.291 e. The molecular formula is C9H6ClN3O7. The van der Waals surface area contributed by atoms with Crippen LogP contribution in [-0.2, 0) is 0 Å². The second kappa shape index (κ2) is 5.57. The molecule has 0 saturated heterocycles. The van der Waals surface area contributed by atoms with E-state index in [1.54, 1.807) is 0 Å². The van der Waals surface area contributed by atoms with Crippen molar-refractivity contribution in [3.05, 3.63) is 66.2 Å². The van der Waals surface area contributed by atoms with Gasteiger partial charge in [0.2, 0.25) is 5.78 Å². The molecule has 0 amide bonds. The van der Waals surface area contributed by atoms with Crippen LogP contribution >= 0.6 is 11.6 Å². The molecule has 0 aliphatic carbocycles. The number of nitro groups is 3. The zero-order valence-corrected chi connectivity index (χ0v) is 10.3. The fourth-order valence-electron chi connectivity index (χ4n) is 1.40. The van der Waals surface area contributed by atoms with Gasteiger partial charge in [0.1, 0.15) is 0 Å². The standard InChI is InChI=1S/C9H6ClN3O7/c10-8(7(14)6-4-2-1-3-5-6)9(11(15)16,12(17)18)13(19)20/h1-5,8H. The molecule has 1 atom stereocenters. The van der Waals surface area contributed by atoms with Crippen molar-refractivity contribution in [2.75, 3.05) is 0 Å². The highest BCUT2D eigenvalue weighted by molar-refractivity contribution is 6.34. The lowest BCUT2D eigenvalue weighted by Gasteiger charge is -2.12. The molecule has 0 N–H and O–H groups in total. The Balaban J connectivity index is 3.36. The Morgan fingerprint density at radius 3 is 1.75 bits per heavy atom. The monoisotopic (exact) mass is 303 g/mol. The third-order valence-electron chi connectivity index (χ3n) is 2.43. The number of halogens is 1. The SMILES string of the molecule is O=C(c1ccccc1)C(Cl)C([N+](=O)[O-])([N+](=O)[O-])[N+](=O)[O-]. The van der Waals surface area contributed by atoms with E-state index in [-0.39, 0.29) is 5.56 Å². The summed E-state index contributed by atoms with van der Waals surface area (Å²) >= 11 is 5.40. The number of carbonyl (C=O) groups excluding carboxylic acids is 1. The molecule has 1 aromatic carbocycles. The normalized spacial score (nSPS) is 12.4. The molecule has 0 heterocycles. The van der Waals surface area contributed by atoms with Gasteiger partial charge in [0.05, 0.1) is 0 Å². The van der Waals surface area contributed by atoms with Crippen LogP contribution in [0.3, 0.4) is 0 Å². The van der Waals surface area contributed by atoms with Crippen LogP contribution in [0.15, 0.2) is 30.3 Å². The van der Waals surface area contributed by atoms with E-state index in [2.05, 4.69) is 0 Å². The van der Waals surface area contributed by atoms with E-state index in [1.165, 1.54) is 30.3 Å². The van der Waals surface area contributed by atoms with Gasteiger partial charge >= 0.3 is 11.2 Å². The average Bonchev–Trinajstić information content (AvgIpc) is 2.38. The summed E-state index contributed by atoms with van der Waals surface area (Å²) in [5.74, 6) is -5.31. The van der Waals surface area contributed by atoms with Crippen LogP contribution < -0.4 is 0 Å². The Labute approximate surface area is 115 Å². The Morgan fingerprint density at radius 1 is 1.00 bits per heavy atom. The van der Waals surface area contributed by atoms with Crippen molar-refractivity contribution in [3.63, 3.8) is 0 Å². The van der Waals surface area contributed by atoms with E-state index in [0.29, 0.717) is 0 Å². The third-order valence-corrected chi connectivity index (χ3v) is 2.93. The number of Topliss-reactive ketones (excluding diaryl/α,β-unsaturated/α-hetero) is 1. The predicted molar refractivity (Wildman–Crippen MR) is 64.1 cm³/mol. The van der Waals surface area contributed by atoms with Crippen molar-refractivity contribution in [3.8, 4) is 0 Å². The Hall–Kier alpha value is -2.62. The van der Waals surface area contributed by atoms with Crippen molar-refractivity contribution in [2.24, 2.45) is 0 Å². The fraction of sp³-hybridized carbons (Fsp3) is 0.222. The van der Waals surface area contributed by atoms with Crippen molar-refractivity contribution < 1.29 is 19.6 Å². The number of carbonyl (C=O) groups is 1. The highest BCUT2D eigenvalue weighted by Gasteiger charge is 2.78. The predicted octanol–water partition coefficient (Wildman–Crippen LogP) is 0.961. The second-order valence-corrected chi connectivity index (χ2v) is 3.99. The average molecular weight is 304 g/mol. The Kier molecular flexibility index (Phi) is 4.30. The summed E-state index contributed by atoms with van der Waals surface area (Å²) in [7, 11) is 0. The second-order valence-electron chi connectivity index (χ2n) is 3.55. The summed E-state index contributed by atoms with van der Waals surface area (Å²) in [5, 5.41) is 29.7. The molecule has 106 valence electrons. The molecule has 20 heavy (non-hydrogen) atoms. The van der Waals surface area contributed by atoms with Crippen molar-refractivity contribution in [1.29, 1.82) is 0 Å². The van der Waals surface area contributed by atoms with Crippen molar-refractivity contribution >= 4 is 17.4 Å². The number of benzene rings is 1. The molecule has 0 spiro atoms. The highest BCUT2D eigenvalue weighted by atomic mass is 35.5. The first-order valence-electron chi connectivity index (χ1n) is 4.93. The molecule has 1 rings (SSSR count). The van der Waals surface area contributed by atoms with E-state index < -0.39 is 31.7 Å². The minimum absolute atomic E-state index is 0.206. The maximum Gasteiger partial charge on any atom is 0.724 e. The van der Waals surface area contributed by atoms with Crippen LogP contribution in [0.5, 0.6) is 0 Å². The molecule has 11 heteroatoms. The number of ketones is 1. The first-order valence-corrected chi connectivity index (χ1v) is 5.36. The topological polar surface area (TPSA) is 146 Å². The largest absolute Gasteiger partial charge is 0.724 e. The van der Waals surface area contributed by atoms with Gasteiger partial charge in [-0.15, -0.1) is 0 Å². The molecule has 0 aliphatic rings. The van der Waals surface area contributed by atoms with Crippen LogP contribution in [0.4, 0.5) is 0 Å². The van der Waals surface area contributed by atoms with Crippen LogP contribution in [0.1, 0.15) is 10.4 Å². The van der Waals surface area contributed by atoms with Crippen LogP contribution in [0.2, 0.25) is 0 Å². The van der Waals surface area contributed by atoms with Gasteiger partial charge in [-0.3, -0.25) is 35.1 Å². The summed E-state index contributed by atoms with van der Waals surface area (Å²) in [5.41, 5.74) is -0.206. The van der Waals surface area contributed by atoms with Gasteiger partial charge in [-0.2, -0.15) is 0 Å². The summed E-state index contributed by atoms with van der Waals surface area (Å²) in [6.07, 6.45) is 0. The molecular weight excluding hydrogens is 298 g/mol. The molecule has 0 fully saturated rings. The van der Waals surface area contributed by atoms with Crippen LogP contribution in [0, 0.1) is 30.3 Å². The molecule has 1 unspecified atom stereocenters. The zero-order valence-electron chi connectivity index (χ0n) is 9.54. The lowest BCUT2D eigenvalue weighted by molar-refractivity contribution is -0.966. The molecule has 0 aromatic heterocycles. The zero-order chi connectivity index (χ0) is 15.5. The highest BCUT2D eigenvalue weighted by Crippen LogP contribution is 2.25. The number of nitrogens with zero attached hydrogens (tertiary/aromatic N) is 3. The minimum atomic E-state index is -4.03. The van der Waals surface area contributed by atoms with E-state index in [0.717, 1.165) is 0 Å². The van der Waals surface area contributed by atoms with Crippen molar-refractivity contribution in [2.45, 2.75) is 11.2 Å². The van der Waals surface area contributed by atoms with E-state index in [9.17, 15) is 35.1 Å². The maximum atomic E-state index is 11.9. The third kappa shape index (κ3) is 2.28. The Morgan fingerprint density at radius 2 is 1.40 bits per heavy atom. The number of alkyl halides is 1. The molecule has 0 radical (unpaired) electrons. The Bertz CT molecular complexity index is 540.